The molecule has 2 fully saturated rings. The quantitative estimate of drug-likeness (QED) is 0.267. The summed E-state index contributed by atoms with van der Waals surface area (Å²) >= 11 is -0.190. The molecule has 3 rings (SSSR count). The summed E-state index contributed by atoms with van der Waals surface area (Å²) in [6.45, 7) is 2.74. The van der Waals surface area contributed by atoms with Crippen molar-refractivity contribution in [3.8, 4) is 0 Å². The van der Waals surface area contributed by atoms with E-state index in [4.69, 9.17) is 4.74 Å². The summed E-state index contributed by atoms with van der Waals surface area (Å²) in [7, 11) is -2.51. The molecule has 2 saturated heterocycles. The van der Waals surface area contributed by atoms with Gasteiger partial charge in [0.1, 0.15) is 0 Å². The summed E-state index contributed by atoms with van der Waals surface area (Å²) in [6.07, 6.45) is 0.0912. The third kappa shape index (κ3) is 7.53. The molecule has 0 radical (unpaired) electrons. The number of sulfonamides is 1. The van der Waals surface area contributed by atoms with E-state index in [1.54, 1.807) is 24.7 Å². The first kappa shape index (κ1) is 33.0. The Bertz CT molecular complexity index is 942. The van der Waals surface area contributed by atoms with Crippen LogP contribution in [0.25, 0.3) is 0 Å². The topological polar surface area (TPSA) is 102 Å². The number of methoxy groups -OCH3 is 1. The van der Waals surface area contributed by atoms with Gasteiger partial charge in [0.25, 0.3) is 5.91 Å². The van der Waals surface area contributed by atoms with E-state index < -0.39 is 26.2 Å². The maximum atomic E-state index is 13.6. The van der Waals surface area contributed by atoms with Gasteiger partial charge in [0, 0.05) is 63.5 Å². The van der Waals surface area contributed by atoms with Gasteiger partial charge < -0.3 is 14.5 Å². The fourth-order valence-corrected chi connectivity index (χ4v) is 7.01. The number of carbonyl (C=O) groups excluding carboxylic acids is 1. The summed E-state index contributed by atoms with van der Waals surface area (Å²) in [4.78, 5) is 16.6. The summed E-state index contributed by atoms with van der Waals surface area (Å²) in [5, 5.41) is 9.31. The summed E-state index contributed by atoms with van der Waals surface area (Å²) < 4.78 is 69.3. The second-order valence-electron chi connectivity index (χ2n) is 8.20. The van der Waals surface area contributed by atoms with Crippen molar-refractivity contribution in [2.75, 3.05) is 64.4 Å². The van der Waals surface area contributed by atoms with Crippen molar-refractivity contribution in [1.82, 2.24) is 14.7 Å². The minimum absolute atomic E-state index is 0. The van der Waals surface area contributed by atoms with E-state index in [0.717, 1.165) is 0 Å². The number of ether oxygens (including phenoxy) is 1. The molecule has 2 aliphatic heterocycles. The van der Waals surface area contributed by atoms with Gasteiger partial charge in [-0.1, -0.05) is 0 Å². The zero-order chi connectivity index (χ0) is 25.0. The Kier molecular flexibility index (Phi) is 12.6. The molecule has 0 unspecified atom stereocenters. The number of thioether (sulfide) groups is 1. The smallest absolute Gasteiger partial charge is 0.383 e. The zero-order valence-corrected chi connectivity index (χ0v) is 22.8. The van der Waals surface area contributed by atoms with Crippen LogP contribution in [0, 0.1) is 0 Å². The maximum absolute atomic E-state index is 13.6. The zero-order valence-electron chi connectivity index (χ0n) is 19.6. The van der Waals surface area contributed by atoms with Gasteiger partial charge in [0.05, 0.1) is 6.61 Å². The number of piperidine rings is 1. The number of alkyl halides is 3. The Morgan fingerprint density at radius 1 is 1.08 bits per heavy atom. The van der Waals surface area contributed by atoms with Gasteiger partial charge in [-0.05, 0) is 48.9 Å². The average Bonchev–Trinajstić information content (AvgIpc) is 2.82. The number of hydrogen-bond acceptors (Lipinski definition) is 8. The largest absolute Gasteiger partial charge is 0.446 e. The second-order valence-corrected chi connectivity index (χ2v) is 11.6. The van der Waals surface area contributed by atoms with Crippen LogP contribution in [0.4, 0.5) is 18.9 Å². The van der Waals surface area contributed by atoms with Crippen LogP contribution in [-0.2, 0) is 19.6 Å². The van der Waals surface area contributed by atoms with E-state index in [-0.39, 0.29) is 67.4 Å². The molecule has 2 N–H and O–H groups in total. The van der Waals surface area contributed by atoms with E-state index in [1.165, 1.54) is 16.4 Å². The molecule has 9 nitrogen and oxygen atoms in total. The van der Waals surface area contributed by atoms with Crippen molar-refractivity contribution in [3.63, 3.8) is 0 Å². The Morgan fingerprint density at radius 3 is 2.11 bits per heavy atom. The minimum atomic E-state index is -4.36. The SMILES string of the molecule is COCCN1CCC(C(=O)NO)(S(=O)(=O)N2CCN(c3ccc(SC(F)(F)F)cc3)CC2)CC1.Cl.Cl. The van der Waals surface area contributed by atoms with Crippen molar-refractivity contribution >= 4 is 58.2 Å². The van der Waals surface area contributed by atoms with Crippen LogP contribution in [0.5, 0.6) is 0 Å². The van der Waals surface area contributed by atoms with Crippen LogP contribution >= 0.6 is 36.6 Å². The number of nitrogens with zero attached hydrogens (tertiary/aromatic N) is 3. The Balaban J connectivity index is 0.00000324. The highest BCUT2D eigenvalue weighted by atomic mass is 35.5. The van der Waals surface area contributed by atoms with Gasteiger partial charge in [-0.2, -0.15) is 17.5 Å². The number of hydroxylamine groups is 1. The predicted molar refractivity (Wildman–Crippen MR) is 136 cm³/mol. The molecule has 0 saturated carbocycles. The monoisotopic (exact) mass is 598 g/mol. The highest BCUT2D eigenvalue weighted by molar-refractivity contribution is 8.00. The molecule has 1 aromatic carbocycles. The van der Waals surface area contributed by atoms with Crippen LogP contribution in [0.1, 0.15) is 12.8 Å². The van der Waals surface area contributed by atoms with Crippen LogP contribution in [-0.4, -0.2) is 98.5 Å². The lowest BCUT2D eigenvalue weighted by atomic mass is 9.95. The molecule has 1 amide bonds. The number of benzene rings is 1. The fraction of sp³-hybridized carbons (Fsp3) is 0.650. The van der Waals surface area contributed by atoms with Crippen molar-refractivity contribution < 1.29 is 36.3 Å². The number of rotatable bonds is 8. The summed E-state index contributed by atoms with van der Waals surface area (Å²) in [5.74, 6) is -0.931. The first-order chi connectivity index (χ1) is 16.0. The Morgan fingerprint density at radius 2 is 1.64 bits per heavy atom. The molecular formula is C20H31Cl2F3N4O5S2. The summed E-state index contributed by atoms with van der Waals surface area (Å²) in [5.41, 5.74) is -2.12. The van der Waals surface area contributed by atoms with Gasteiger partial charge in [-0.25, -0.2) is 13.9 Å². The van der Waals surface area contributed by atoms with E-state index >= 15 is 0 Å². The van der Waals surface area contributed by atoms with Crippen LogP contribution < -0.4 is 10.4 Å². The number of hydrogen-bond donors (Lipinski definition) is 2. The standard InChI is InChI=1S/C20H29F3N4O5S2.2ClH/c1-32-15-14-25-8-6-19(7-9-25,18(28)24-29)34(30,31)27-12-10-26(11-13-27)16-2-4-17(5-3-16)33-20(21,22)23;;/h2-5,29H,6-15H2,1H3,(H,24,28);2*1H. The molecule has 208 valence electrons. The molecule has 16 heteroatoms. The van der Waals surface area contributed by atoms with Crippen LogP contribution in [0.15, 0.2) is 29.2 Å². The van der Waals surface area contributed by atoms with E-state index in [1.807, 2.05) is 9.80 Å². The number of nitrogens with one attached hydrogen (secondary N) is 1. The van der Waals surface area contributed by atoms with Gasteiger partial charge in [0.15, 0.2) is 4.75 Å². The van der Waals surface area contributed by atoms with E-state index in [2.05, 4.69) is 0 Å². The van der Waals surface area contributed by atoms with E-state index in [9.17, 15) is 31.6 Å². The molecule has 0 spiro atoms. The second kappa shape index (κ2) is 13.7. The highest BCUT2D eigenvalue weighted by Gasteiger charge is 2.55. The first-order valence-corrected chi connectivity index (χ1v) is 13.0. The molecule has 36 heavy (non-hydrogen) atoms. The molecule has 2 heterocycles. The molecule has 0 aromatic heterocycles. The number of amides is 1. The minimum Gasteiger partial charge on any atom is -0.383 e. The Hall–Kier alpha value is -1.00. The average molecular weight is 600 g/mol. The van der Waals surface area contributed by atoms with Gasteiger partial charge in [0.2, 0.25) is 10.0 Å². The lowest BCUT2D eigenvalue weighted by molar-refractivity contribution is -0.133. The van der Waals surface area contributed by atoms with Gasteiger partial charge in [-0.3, -0.25) is 10.0 Å². The highest BCUT2D eigenvalue weighted by Crippen LogP contribution is 2.38. The normalized spacial score (nSPS) is 19.2. The third-order valence-corrected chi connectivity index (χ3v) is 9.66. The molecular weight excluding hydrogens is 568 g/mol. The predicted octanol–water partition coefficient (Wildman–Crippen LogP) is 2.58. The maximum Gasteiger partial charge on any atom is 0.446 e. The molecule has 1 aromatic rings. The lowest BCUT2D eigenvalue weighted by Gasteiger charge is -2.44. The van der Waals surface area contributed by atoms with Crippen LogP contribution in [0.3, 0.4) is 0 Å². The van der Waals surface area contributed by atoms with Crippen molar-refractivity contribution in [1.29, 1.82) is 0 Å². The number of carbonyl (C=O) groups is 1. The lowest BCUT2D eigenvalue weighted by Crippen LogP contribution is -2.63. The van der Waals surface area contributed by atoms with Crippen molar-refractivity contribution in [2.24, 2.45) is 0 Å². The number of likely N-dealkylation sites (tertiary alicyclic amines) is 1. The van der Waals surface area contributed by atoms with Crippen molar-refractivity contribution in [3.05, 3.63) is 24.3 Å². The van der Waals surface area contributed by atoms with E-state index in [0.29, 0.717) is 45.0 Å². The molecule has 0 aliphatic carbocycles. The summed E-state index contributed by atoms with van der Waals surface area (Å²) in [6, 6.07) is 5.92. The van der Waals surface area contributed by atoms with Crippen molar-refractivity contribution in [2.45, 2.75) is 28.0 Å². The molecule has 0 bridgehead atoms. The van der Waals surface area contributed by atoms with Gasteiger partial charge in [-0.15, -0.1) is 24.8 Å². The molecule has 0 atom stereocenters. The number of anilines is 1. The number of halogens is 5. The first-order valence-electron chi connectivity index (χ1n) is 10.8. The Labute approximate surface area is 225 Å². The third-order valence-electron chi connectivity index (χ3n) is 6.30. The van der Waals surface area contributed by atoms with Crippen LogP contribution in [0.2, 0.25) is 0 Å². The number of piperazine rings is 1. The van der Waals surface area contributed by atoms with Gasteiger partial charge >= 0.3 is 5.51 Å². The fourth-order valence-electron chi connectivity index (χ4n) is 4.35. The molecule has 2 aliphatic rings.